The lowest BCUT2D eigenvalue weighted by atomic mass is 10.0. The maximum atomic E-state index is 12.2. The van der Waals surface area contributed by atoms with Crippen LogP contribution in [0, 0.1) is 0 Å². The monoisotopic (exact) mass is 279 g/mol. The number of hydrogen-bond donors (Lipinski definition) is 2. The number of carboxylic acid groups (broad SMARTS) is 1. The molecule has 6 nitrogen and oxygen atoms in total. The highest BCUT2D eigenvalue weighted by Crippen LogP contribution is 2.28. The first-order valence-electron chi connectivity index (χ1n) is 6.33. The number of anilines is 1. The highest BCUT2D eigenvalue weighted by molar-refractivity contribution is 5.98. The average molecular weight is 279 g/mol. The van der Waals surface area contributed by atoms with Crippen molar-refractivity contribution in [2.45, 2.75) is 25.4 Å². The molecule has 1 amide bonds. The highest BCUT2D eigenvalue weighted by Gasteiger charge is 2.37. The summed E-state index contributed by atoms with van der Waals surface area (Å²) in [5.74, 6) is -1.11. The SMILES string of the molecule is COc1cc(NC(=O)C2(C)CCCO2)ccc1C(=O)O. The Morgan fingerprint density at radius 3 is 2.75 bits per heavy atom. The van der Waals surface area contributed by atoms with Crippen molar-refractivity contribution < 1.29 is 24.2 Å². The number of carboxylic acids is 1. The molecule has 1 aliphatic rings. The van der Waals surface area contributed by atoms with Crippen LogP contribution >= 0.6 is 0 Å². The molecule has 0 aromatic heterocycles. The standard InChI is InChI=1S/C14H17NO5/c1-14(6-3-7-20-14)13(18)15-9-4-5-10(12(16)17)11(8-9)19-2/h4-5,8H,3,6-7H2,1-2H3,(H,15,18)(H,16,17). The molecule has 0 saturated carbocycles. The molecule has 20 heavy (non-hydrogen) atoms. The molecule has 108 valence electrons. The van der Waals surface area contributed by atoms with Crippen LogP contribution in [0.25, 0.3) is 0 Å². The van der Waals surface area contributed by atoms with Gasteiger partial charge in [-0.25, -0.2) is 4.79 Å². The average Bonchev–Trinajstić information content (AvgIpc) is 2.86. The van der Waals surface area contributed by atoms with Gasteiger partial charge >= 0.3 is 5.97 Å². The summed E-state index contributed by atoms with van der Waals surface area (Å²) < 4.78 is 10.5. The first-order chi connectivity index (χ1) is 9.46. The molecule has 0 radical (unpaired) electrons. The topological polar surface area (TPSA) is 84.9 Å². The van der Waals surface area contributed by atoms with Crippen molar-refractivity contribution in [3.8, 4) is 5.75 Å². The second-order valence-corrected chi connectivity index (χ2v) is 4.86. The second-order valence-electron chi connectivity index (χ2n) is 4.86. The van der Waals surface area contributed by atoms with Gasteiger partial charge in [-0.1, -0.05) is 0 Å². The maximum absolute atomic E-state index is 12.2. The summed E-state index contributed by atoms with van der Waals surface area (Å²) in [6, 6.07) is 4.41. The fourth-order valence-corrected chi connectivity index (χ4v) is 2.17. The Kier molecular flexibility index (Phi) is 3.94. The number of ether oxygens (including phenoxy) is 2. The first-order valence-corrected chi connectivity index (χ1v) is 6.33. The summed E-state index contributed by atoms with van der Waals surface area (Å²) in [5, 5.41) is 11.7. The number of amides is 1. The minimum absolute atomic E-state index is 0.0498. The zero-order chi connectivity index (χ0) is 14.8. The van der Waals surface area contributed by atoms with Gasteiger partial charge in [0.25, 0.3) is 5.91 Å². The molecular formula is C14H17NO5. The van der Waals surface area contributed by atoms with Gasteiger partial charge in [0.15, 0.2) is 0 Å². The Bertz CT molecular complexity index is 534. The van der Waals surface area contributed by atoms with Gasteiger partial charge in [0.1, 0.15) is 16.9 Å². The van der Waals surface area contributed by atoms with E-state index in [2.05, 4.69) is 5.32 Å². The molecule has 1 saturated heterocycles. The van der Waals surface area contributed by atoms with E-state index in [9.17, 15) is 9.59 Å². The molecule has 1 aliphatic heterocycles. The van der Waals surface area contributed by atoms with E-state index >= 15 is 0 Å². The van der Waals surface area contributed by atoms with Crippen molar-refractivity contribution in [1.29, 1.82) is 0 Å². The smallest absolute Gasteiger partial charge is 0.339 e. The number of carbonyl (C=O) groups is 2. The molecule has 1 atom stereocenters. The minimum Gasteiger partial charge on any atom is -0.496 e. The summed E-state index contributed by atoms with van der Waals surface area (Å²) in [6.45, 7) is 2.32. The van der Waals surface area contributed by atoms with Crippen molar-refractivity contribution in [2.75, 3.05) is 19.0 Å². The first kappa shape index (κ1) is 14.3. The third-order valence-corrected chi connectivity index (χ3v) is 3.39. The van der Waals surface area contributed by atoms with E-state index in [-0.39, 0.29) is 17.2 Å². The van der Waals surface area contributed by atoms with Crippen molar-refractivity contribution in [3.63, 3.8) is 0 Å². The quantitative estimate of drug-likeness (QED) is 0.879. The number of carbonyl (C=O) groups excluding carboxylic acids is 1. The molecule has 2 N–H and O–H groups in total. The van der Waals surface area contributed by atoms with Crippen LogP contribution in [0.15, 0.2) is 18.2 Å². The van der Waals surface area contributed by atoms with Gasteiger partial charge in [-0.3, -0.25) is 4.79 Å². The Balaban J connectivity index is 2.18. The lowest BCUT2D eigenvalue weighted by Gasteiger charge is -2.22. The Hall–Kier alpha value is -2.08. The van der Waals surface area contributed by atoms with Gasteiger partial charge < -0.3 is 19.9 Å². The number of aromatic carboxylic acids is 1. The van der Waals surface area contributed by atoms with Crippen molar-refractivity contribution >= 4 is 17.6 Å². The summed E-state index contributed by atoms with van der Waals surface area (Å²) >= 11 is 0. The van der Waals surface area contributed by atoms with Gasteiger partial charge in [-0.15, -0.1) is 0 Å². The summed E-state index contributed by atoms with van der Waals surface area (Å²) in [5.41, 5.74) is -0.291. The molecular weight excluding hydrogens is 262 g/mol. The number of methoxy groups -OCH3 is 1. The van der Waals surface area contributed by atoms with Crippen LogP contribution in [-0.2, 0) is 9.53 Å². The van der Waals surface area contributed by atoms with E-state index in [1.54, 1.807) is 6.92 Å². The highest BCUT2D eigenvalue weighted by atomic mass is 16.5. The van der Waals surface area contributed by atoms with Crippen LogP contribution in [0.1, 0.15) is 30.1 Å². The third kappa shape index (κ3) is 2.75. The molecule has 1 aromatic rings. The van der Waals surface area contributed by atoms with Crippen LogP contribution in [0.3, 0.4) is 0 Å². The van der Waals surface area contributed by atoms with E-state index < -0.39 is 11.6 Å². The van der Waals surface area contributed by atoms with Crippen molar-refractivity contribution in [3.05, 3.63) is 23.8 Å². The van der Waals surface area contributed by atoms with Crippen LogP contribution in [0.2, 0.25) is 0 Å². The van der Waals surface area contributed by atoms with Crippen LogP contribution in [0.5, 0.6) is 5.75 Å². The lowest BCUT2D eigenvalue weighted by molar-refractivity contribution is -0.133. The van der Waals surface area contributed by atoms with E-state index in [4.69, 9.17) is 14.6 Å². The summed E-state index contributed by atoms with van der Waals surface area (Å²) in [7, 11) is 1.38. The fraction of sp³-hybridized carbons (Fsp3) is 0.429. The normalized spacial score (nSPS) is 21.5. The van der Waals surface area contributed by atoms with Crippen LogP contribution in [-0.4, -0.2) is 36.3 Å². The number of hydrogen-bond acceptors (Lipinski definition) is 4. The van der Waals surface area contributed by atoms with Gasteiger partial charge in [0.05, 0.1) is 7.11 Å². The molecule has 1 unspecified atom stereocenters. The fourth-order valence-electron chi connectivity index (χ4n) is 2.17. The van der Waals surface area contributed by atoms with Gasteiger partial charge in [-0.05, 0) is 31.9 Å². The molecule has 2 rings (SSSR count). The van der Waals surface area contributed by atoms with Gasteiger partial charge in [0, 0.05) is 18.4 Å². The van der Waals surface area contributed by atoms with Crippen LogP contribution in [0.4, 0.5) is 5.69 Å². The maximum Gasteiger partial charge on any atom is 0.339 e. The number of nitrogens with one attached hydrogen (secondary N) is 1. The zero-order valence-electron chi connectivity index (χ0n) is 11.4. The molecule has 0 spiro atoms. The second kappa shape index (κ2) is 5.50. The Labute approximate surface area is 116 Å². The van der Waals surface area contributed by atoms with Gasteiger partial charge in [0.2, 0.25) is 0 Å². The van der Waals surface area contributed by atoms with Crippen molar-refractivity contribution in [2.24, 2.45) is 0 Å². The number of rotatable bonds is 4. The van der Waals surface area contributed by atoms with Crippen molar-refractivity contribution in [1.82, 2.24) is 0 Å². The van der Waals surface area contributed by atoms with E-state index in [1.807, 2.05) is 0 Å². The van der Waals surface area contributed by atoms with Gasteiger partial charge in [-0.2, -0.15) is 0 Å². The third-order valence-electron chi connectivity index (χ3n) is 3.39. The molecule has 0 bridgehead atoms. The largest absolute Gasteiger partial charge is 0.496 e. The molecule has 1 fully saturated rings. The lowest BCUT2D eigenvalue weighted by Crippen LogP contribution is -2.39. The van der Waals surface area contributed by atoms with E-state index in [1.165, 1.54) is 25.3 Å². The zero-order valence-corrected chi connectivity index (χ0v) is 11.4. The number of benzene rings is 1. The Morgan fingerprint density at radius 1 is 1.45 bits per heavy atom. The molecule has 1 heterocycles. The summed E-state index contributed by atoms with van der Waals surface area (Å²) in [6.07, 6.45) is 1.52. The van der Waals surface area contributed by atoms with E-state index in [0.29, 0.717) is 18.7 Å². The van der Waals surface area contributed by atoms with E-state index in [0.717, 1.165) is 6.42 Å². The Morgan fingerprint density at radius 2 is 2.20 bits per heavy atom. The predicted octanol–water partition coefficient (Wildman–Crippen LogP) is 1.90. The molecule has 6 heteroatoms. The predicted molar refractivity (Wildman–Crippen MR) is 72.2 cm³/mol. The minimum atomic E-state index is -1.08. The summed E-state index contributed by atoms with van der Waals surface area (Å²) in [4.78, 5) is 23.1. The van der Waals surface area contributed by atoms with Crippen LogP contribution < -0.4 is 10.1 Å². The molecule has 0 aliphatic carbocycles. The molecule has 1 aromatic carbocycles.